The number of hydrogen-bond acceptors (Lipinski definition) is 2. The highest BCUT2D eigenvalue weighted by Gasteiger charge is 2.19. The molecule has 0 aromatic heterocycles. The summed E-state index contributed by atoms with van der Waals surface area (Å²) in [7, 11) is 0. The van der Waals surface area contributed by atoms with E-state index in [1.165, 1.54) is 51.7 Å². The Hall–Kier alpha value is -0.0800. The minimum atomic E-state index is 0.872. The molecule has 1 aliphatic rings. The van der Waals surface area contributed by atoms with Crippen LogP contribution < -0.4 is 5.73 Å². The third-order valence-corrected chi connectivity index (χ3v) is 3.63. The van der Waals surface area contributed by atoms with Crippen LogP contribution in [0.25, 0.3) is 0 Å². The molecule has 1 unspecified atom stereocenters. The lowest BCUT2D eigenvalue weighted by Crippen LogP contribution is -2.37. The van der Waals surface area contributed by atoms with Gasteiger partial charge in [-0.05, 0) is 57.2 Å². The quantitative estimate of drug-likeness (QED) is 0.733. The molecule has 1 aliphatic heterocycles. The number of likely N-dealkylation sites (tertiary alicyclic amines) is 1. The molecule has 90 valence electrons. The van der Waals surface area contributed by atoms with Gasteiger partial charge in [-0.1, -0.05) is 20.3 Å². The maximum atomic E-state index is 5.60. The first-order chi connectivity index (χ1) is 7.26. The van der Waals surface area contributed by atoms with Gasteiger partial charge in [0.15, 0.2) is 0 Å². The Bertz CT molecular complexity index is 151. The van der Waals surface area contributed by atoms with Gasteiger partial charge in [0.1, 0.15) is 0 Å². The molecule has 2 N–H and O–H groups in total. The lowest BCUT2D eigenvalue weighted by molar-refractivity contribution is 0.158. The molecule has 0 amide bonds. The molecular formula is C13H28N2. The molecule has 0 aromatic rings. The van der Waals surface area contributed by atoms with Crippen molar-refractivity contribution in [2.45, 2.75) is 46.0 Å². The third kappa shape index (κ3) is 4.98. The molecule has 1 heterocycles. The van der Waals surface area contributed by atoms with Gasteiger partial charge in [-0.25, -0.2) is 0 Å². The van der Waals surface area contributed by atoms with Crippen molar-refractivity contribution in [3.8, 4) is 0 Å². The molecule has 0 bridgehead atoms. The fourth-order valence-corrected chi connectivity index (χ4v) is 2.72. The van der Waals surface area contributed by atoms with Crippen LogP contribution in [0.1, 0.15) is 46.0 Å². The van der Waals surface area contributed by atoms with Gasteiger partial charge >= 0.3 is 0 Å². The summed E-state index contributed by atoms with van der Waals surface area (Å²) in [6, 6.07) is 0. The Morgan fingerprint density at radius 2 is 2.00 bits per heavy atom. The van der Waals surface area contributed by atoms with E-state index < -0.39 is 0 Å². The average molecular weight is 212 g/mol. The van der Waals surface area contributed by atoms with Crippen molar-refractivity contribution < 1.29 is 0 Å². The number of hydrogen-bond donors (Lipinski definition) is 1. The van der Waals surface area contributed by atoms with E-state index in [0.29, 0.717) is 0 Å². The summed E-state index contributed by atoms with van der Waals surface area (Å²) in [5, 5.41) is 0. The summed E-state index contributed by atoms with van der Waals surface area (Å²) in [6.45, 7) is 9.46. The van der Waals surface area contributed by atoms with E-state index in [0.717, 1.165) is 18.4 Å². The van der Waals surface area contributed by atoms with Crippen LogP contribution in [0.5, 0.6) is 0 Å². The van der Waals surface area contributed by atoms with E-state index in [2.05, 4.69) is 18.7 Å². The molecule has 0 radical (unpaired) electrons. The predicted octanol–water partition coefficient (Wildman–Crippen LogP) is 2.48. The van der Waals surface area contributed by atoms with Crippen LogP contribution in [-0.2, 0) is 0 Å². The maximum absolute atomic E-state index is 5.60. The van der Waals surface area contributed by atoms with E-state index in [-0.39, 0.29) is 0 Å². The summed E-state index contributed by atoms with van der Waals surface area (Å²) in [5.74, 6) is 1.79. The van der Waals surface area contributed by atoms with Crippen molar-refractivity contribution >= 4 is 0 Å². The van der Waals surface area contributed by atoms with E-state index in [1.54, 1.807) is 0 Å². The van der Waals surface area contributed by atoms with Crippen molar-refractivity contribution in [1.29, 1.82) is 0 Å². The van der Waals surface area contributed by atoms with Crippen molar-refractivity contribution in [2.75, 3.05) is 26.2 Å². The van der Waals surface area contributed by atoms with Gasteiger partial charge in [0.2, 0.25) is 0 Å². The van der Waals surface area contributed by atoms with E-state index in [1.807, 2.05) is 0 Å². The molecule has 0 spiro atoms. The zero-order chi connectivity index (χ0) is 11.1. The van der Waals surface area contributed by atoms with Crippen LogP contribution in [0.3, 0.4) is 0 Å². The Kier molecular flexibility index (Phi) is 6.26. The first-order valence-electron chi connectivity index (χ1n) is 6.68. The molecule has 1 saturated heterocycles. The highest BCUT2D eigenvalue weighted by atomic mass is 15.1. The molecule has 2 heteroatoms. The van der Waals surface area contributed by atoms with Gasteiger partial charge in [0.25, 0.3) is 0 Å². The molecule has 0 aliphatic carbocycles. The second-order valence-corrected chi connectivity index (χ2v) is 5.22. The SMILES string of the molecule is CCCC(C)CN1CCC(CCN)CC1. The van der Waals surface area contributed by atoms with Gasteiger partial charge in [-0.15, -0.1) is 0 Å². The Balaban J connectivity index is 2.14. The first-order valence-corrected chi connectivity index (χ1v) is 6.68. The second-order valence-electron chi connectivity index (χ2n) is 5.22. The van der Waals surface area contributed by atoms with E-state index in [9.17, 15) is 0 Å². The molecule has 0 saturated carbocycles. The van der Waals surface area contributed by atoms with Gasteiger partial charge < -0.3 is 10.6 Å². The Labute approximate surface area is 95.2 Å². The van der Waals surface area contributed by atoms with Crippen molar-refractivity contribution in [3.63, 3.8) is 0 Å². The summed E-state index contributed by atoms with van der Waals surface area (Å²) >= 11 is 0. The van der Waals surface area contributed by atoms with Gasteiger partial charge in [0.05, 0.1) is 0 Å². The van der Waals surface area contributed by atoms with Gasteiger partial charge in [-0.3, -0.25) is 0 Å². The highest BCUT2D eigenvalue weighted by Crippen LogP contribution is 2.21. The van der Waals surface area contributed by atoms with Crippen LogP contribution in [0.15, 0.2) is 0 Å². The second kappa shape index (κ2) is 7.24. The lowest BCUT2D eigenvalue weighted by Gasteiger charge is -2.33. The van der Waals surface area contributed by atoms with Crippen molar-refractivity contribution in [2.24, 2.45) is 17.6 Å². The normalized spacial score (nSPS) is 21.8. The minimum absolute atomic E-state index is 0.872. The zero-order valence-corrected chi connectivity index (χ0v) is 10.5. The van der Waals surface area contributed by atoms with Gasteiger partial charge in [0, 0.05) is 6.54 Å². The summed E-state index contributed by atoms with van der Waals surface area (Å²) in [6.07, 6.45) is 6.68. The smallest absolute Gasteiger partial charge is 0.000702 e. The van der Waals surface area contributed by atoms with Crippen LogP contribution in [-0.4, -0.2) is 31.1 Å². The van der Waals surface area contributed by atoms with Crippen molar-refractivity contribution in [3.05, 3.63) is 0 Å². The van der Waals surface area contributed by atoms with Crippen LogP contribution >= 0.6 is 0 Å². The molecule has 2 nitrogen and oxygen atoms in total. The number of nitrogens with two attached hydrogens (primary N) is 1. The largest absolute Gasteiger partial charge is 0.330 e. The lowest BCUT2D eigenvalue weighted by atomic mass is 9.93. The fraction of sp³-hybridized carbons (Fsp3) is 1.00. The van der Waals surface area contributed by atoms with Crippen LogP contribution in [0.2, 0.25) is 0 Å². The highest BCUT2D eigenvalue weighted by molar-refractivity contribution is 4.73. The zero-order valence-electron chi connectivity index (χ0n) is 10.5. The molecule has 1 atom stereocenters. The molecule has 0 aromatic carbocycles. The topological polar surface area (TPSA) is 29.3 Å². The molecular weight excluding hydrogens is 184 g/mol. The van der Waals surface area contributed by atoms with E-state index in [4.69, 9.17) is 5.73 Å². The Morgan fingerprint density at radius 3 is 2.53 bits per heavy atom. The summed E-state index contributed by atoms with van der Waals surface area (Å²) in [4.78, 5) is 2.65. The Morgan fingerprint density at radius 1 is 1.33 bits per heavy atom. The molecule has 1 fully saturated rings. The number of rotatable bonds is 6. The summed E-state index contributed by atoms with van der Waals surface area (Å²) in [5.41, 5.74) is 5.60. The minimum Gasteiger partial charge on any atom is -0.330 e. The predicted molar refractivity (Wildman–Crippen MR) is 66.9 cm³/mol. The summed E-state index contributed by atoms with van der Waals surface area (Å²) < 4.78 is 0. The van der Waals surface area contributed by atoms with Crippen LogP contribution in [0, 0.1) is 11.8 Å². The standard InChI is InChI=1S/C13H28N2/c1-3-4-12(2)11-15-9-6-13(5-8-14)7-10-15/h12-13H,3-11,14H2,1-2H3. The van der Waals surface area contributed by atoms with Gasteiger partial charge in [-0.2, -0.15) is 0 Å². The fourth-order valence-electron chi connectivity index (χ4n) is 2.72. The maximum Gasteiger partial charge on any atom is 0.000702 e. The monoisotopic (exact) mass is 212 g/mol. The number of nitrogens with zero attached hydrogens (tertiary/aromatic N) is 1. The van der Waals surface area contributed by atoms with Crippen molar-refractivity contribution in [1.82, 2.24) is 4.90 Å². The molecule has 1 rings (SSSR count). The molecule has 15 heavy (non-hydrogen) atoms. The first kappa shape index (κ1) is 13.0. The third-order valence-electron chi connectivity index (χ3n) is 3.63. The van der Waals surface area contributed by atoms with E-state index >= 15 is 0 Å². The average Bonchev–Trinajstić information content (AvgIpc) is 2.22. The number of piperidine rings is 1. The van der Waals surface area contributed by atoms with Crippen LogP contribution in [0.4, 0.5) is 0 Å².